The van der Waals surface area contributed by atoms with E-state index in [2.05, 4.69) is 20.1 Å². The van der Waals surface area contributed by atoms with Gasteiger partial charge in [0.25, 0.3) is 5.91 Å². The number of primary amides is 2. The normalized spacial score (nSPS) is 23.1. The zero-order valence-electron chi connectivity index (χ0n) is 25.0. The van der Waals surface area contributed by atoms with Gasteiger partial charge in [0.2, 0.25) is 5.91 Å². The van der Waals surface area contributed by atoms with Crippen LogP contribution in [0, 0.1) is 0 Å². The SMILES string of the molecule is CN1CCN(C2CCCN(c3cnc(C(N)=O)c(Nc4ccc(C5(C(N)=O)CCN(C6CCCC6)CC5)cc4)n3)C2)C1=O. The zero-order valence-corrected chi connectivity index (χ0v) is 25.0. The maximum Gasteiger partial charge on any atom is 0.320 e. The summed E-state index contributed by atoms with van der Waals surface area (Å²) in [5, 5.41) is 3.23. The molecular formula is C31H43N9O3. The molecule has 0 spiro atoms. The van der Waals surface area contributed by atoms with Crippen molar-refractivity contribution < 1.29 is 14.4 Å². The van der Waals surface area contributed by atoms with E-state index < -0.39 is 11.3 Å². The molecule has 4 fully saturated rings. The van der Waals surface area contributed by atoms with Gasteiger partial charge in [-0.1, -0.05) is 25.0 Å². The van der Waals surface area contributed by atoms with Crippen LogP contribution in [0.1, 0.15) is 67.4 Å². The molecule has 3 saturated heterocycles. The monoisotopic (exact) mass is 589 g/mol. The molecule has 1 aliphatic carbocycles. The van der Waals surface area contributed by atoms with Gasteiger partial charge in [0, 0.05) is 45.0 Å². The standard InChI is InChI=1S/C31H43N9O3/c1-37-17-18-40(30(37)43)24-7-4-14-39(20-24)25-19-34-26(27(32)41)28(36-25)35-22-10-8-21(9-11-22)31(29(33)42)12-15-38(16-13-31)23-5-2-3-6-23/h8-11,19,23-24H,2-7,12-18,20H2,1H3,(H2,32,41)(H2,33,42)(H,35,36). The van der Waals surface area contributed by atoms with Crippen LogP contribution in [0.15, 0.2) is 30.5 Å². The van der Waals surface area contributed by atoms with E-state index in [9.17, 15) is 14.4 Å². The predicted molar refractivity (Wildman–Crippen MR) is 164 cm³/mol. The number of carbonyl (C=O) groups is 3. The molecule has 43 heavy (non-hydrogen) atoms. The maximum absolute atomic E-state index is 12.8. The third-order valence-electron chi connectivity index (χ3n) is 10.1. The number of nitrogens with two attached hydrogens (primary N) is 2. The van der Waals surface area contributed by atoms with Gasteiger partial charge in [-0.2, -0.15) is 0 Å². The fourth-order valence-corrected chi connectivity index (χ4v) is 7.45. The number of hydrogen-bond donors (Lipinski definition) is 3. The molecule has 2 aromatic rings. The summed E-state index contributed by atoms with van der Waals surface area (Å²) in [5.41, 5.74) is 12.6. The molecule has 12 nitrogen and oxygen atoms in total. The molecule has 5 N–H and O–H groups in total. The summed E-state index contributed by atoms with van der Waals surface area (Å²) in [6, 6.07) is 8.44. The minimum Gasteiger partial charge on any atom is -0.369 e. The fourth-order valence-electron chi connectivity index (χ4n) is 7.45. The van der Waals surface area contributed by atoms with Gasteiger partial charge in [-0.05, 0) is 69.3 Å². The number of rotatable bonds is 8. The van der Waals surface area contributed by atoms with E-state index in [0.29, 0.717) is 36.9 Å². The van der Waals surface area contributed by atoms with E-state index in [1.54, 1.807) is 11.1 Å². The highest BCUT2D eigenvalue weighted by Crippen LogP contribution is 2.38. The maximum atomic E-state index is 12.8. The van der Waals surface area contributed by atoms with Gasteiger partial charge < -0.3 is 36.4 Å². The molecule has 1 atom stereocenters. The van der Waals surface area contributed by atoms with Crippen molar-refractivity contribution in [2.45, 2.75) is 68.9 Å². The molecule has 4 amide bonds. The summed E-state index contributed by atoms with van der Waals surface area (Å²) in [6.45, 7) is 4.62. The molecule has 4 aliphatic rings. The second-order valence-electron chi connectivity index (χ2n) is 12.6. The van der Waals surface area contributed by atoms with Crippen LogP contribution in [0.25, 0.3) is 0 Å². The van der Waals surface area contributed by atoms with Crippen LogP contribution in [0.3, 0.4) is 0 Å². The minimum absolute atomic E-state index is 0.0469. The topological polar surface area (TPSA) is 154 Å². The molecule has 3 aliphatic heterocycles. The molecule has 1 saturated carbocycles. The number of hydrogen-bond acceptors (Lipinski definition) is 8. The van der Waals surface area contributed by atoms with Crippen LogP contribution >= 0.6 is 0 Å². The largest absolute Gasteiger partial charge is 0.369 e. The molecular weight excluding hydrogens is 546 g/mol. The highest BCUT2D eigenvalue weighted by Gasteiger charge is 2.43. The molecule has 230 valence electrons. The van der Waals surface area contributed by atoms with Gasteiger partial charge in [0.15, 0.2) is 11.5 Å². The highest BCUT2D eigenvalue weighted by atomic mass is 16.2. The molecule has 12 heteroatoms. The number of nitrogens with zero attached hydrogens (tertiary/aromatic N) is 6. The lowest BCUT2D eigenvalue weighted by Crippen LogP contribution is -2.52. The number of anilines is 3. The number of amides is 4. The van der Waals surface area contributed by atoms with Gasteiger partial charge in [0.1, 0.15) is 5.82 Å². The second kappa shape index (κ2) is 12.0. The molecule has 1 aromatic heterocycles. The van der Waals surface area contributed by atoms with Crippen molar-refractivity contribution in [2.75, 3.05) is 56.5 Å². The van der Waals surface area contributed by atoms with Crippen molar-refractivity contribution in [3.05, 3.63) is 41.7 Å². The number of aromatic nitrogens is 2. The Bertz CT molecular complexity index is 1350. The number of carbonyl (C=O) groups excluding carboxylic acids is 3. The Kier molecular flexibility index (Phi) is 8.13. The van der Waals surface area contributed by atoms with E-state index in [1.807, 2.05) is 36.2 Å². The third kappa shape index (κ3) is 5.72. The Labute approximate surface area is 252 Å². The Morgan fingerprint density at radius 1 is 0.930 bits per heavy atom. The van der Waals surface area contributed by atoms with Crippen molar-refractivity contribution in [3.8, 4) is 0 Å². The van der Waals surface area contributed by atoms with Gasteiger partial charge >= 0.3 is 6.03 Å². The van der Waals surface area contributed by atoms with Crippen LogP contribution in [0.5, 0.6) is 0 Å². The lowest BCUT2D eigenvalue weighted by molar-refractivity contribution is -0.125. The number of benzene rings is 1. The Morgan fingerprint density at radius 3 is 2.26 bits per heavy atom. The van der Waals surface area contributed by atoms with Gasteiger partial charge in [0.05, 0.1) is 17.7 Å². The summed E-state index contributed by atoms with van der Waals surface area (Å²) in [7, 11) is 1.83. The lowest BCUT2D eigenvalue weighted by atomic mass is 9.72. The van der Waals surface area contributed by atoms with E-state index in [0.717, 1.165) is 51.1 Å². The van der Waals surface area contributed by atoms with Crippen LogP contribution in [-0.2, 0) is 10.2 Å². The first-order valence-corrected chi connectivity index (χ1v) is 15.6. The minimum atomic E-state index is -0.692. The Morgan fingerprint density at radius 2 is 1.63 bits per heavy atom. The van der Waals surface area contributed by atoms with Crippen molar-refractivity contribution in [1.29, 1.82) is 0 Å². The number of urea groups is 1. The van der Waals surface area contributed by atoms with E-state index in [1.165, 1.54) is 25.7 Å². The fraction of sp³-hybridized carbons (Fsp3) is 0.581. The van der Waals surface area contributed by atoms with Crippen LogP contribution in [0.2, 0.25) is 0 Å². The zero-order chi connectivity index (χ0) is 30.1. The van der Waals surface area contributed by atoms with Crippen molar-refractivity contribution in [2.24, 2.45) is 11.5 Å². The van der Waals surface area contributed by atoms with Gasteiger partial charge in [-0.15, -0.1) is 0 Å². The Balaban J connectivity index is 1.18. The second-order valence-corrected chi connectivity index (χ2v) is 12.6. The Hall–Kier alpha value is -3.93. The van der Waals surface area contributed by atoms with Crippen molar-refractivity contribution in [3.63, 3.8) is 0 Å². The smallest absolute Gasteiger partial charge is 0.320 e. The van der Waals surface area contributed by atoms with Crippen LogP contribution < -0.4 is 21.7 Å². The van der Waals surface area contributed by atoms with E-state index in [4.69, 9.17) is 16.5 Å². The molecule has 4 heterocycles. The number of nitrogens with one attached hydrogen (secondary N) is 1. The lowest BCUT2D eigenvalue weighted by Gasteiger charge is -2.42. The predicted octanol–water partition coefficient (Wildman–Crippen LogP) is 2.42. The molecule has 1 aromatic carbocycles. The summed E-state index contributed by atoms with van der Waals surface area (Å²) in [5.74, 6) is -0.0695. The van der Waals surface area contributed by atoms with E-state index >= 15 is 0 Å². The average Bonchev–Trinajstić information content (AvgIpc) is 3.68. The van der Waals surface area contributed by atoms with Crippen molar-refractivity contribution >= 4 is 35.2 Å². The number of likely N-dealkylation sites (tertiary alicyclic amines) is 1. The van der Waals surface area contributed by atoms with E-state index in [-0.39, 0.29) is 29.5 Å². The summed E-state index contributed by atoms with van der Waals surface area (Å²) in [4.78, 5) is 55.1. The first kappa shape index (κ1) is 29.2. The van der Waals surface area contributed by atoms with Crippen LogP contribution in [0.4, 0.5) is 22.1 Å². The third-order valence-corrected chi connectivity index (χ3v) is 10.1. The van der Waals surface area contributed by atoms with Gasteiger partial charge in [-0.3, -0.25) is 9.59 Å². The van der Waals surface area contributed by atoms with Crippen molar-refractivity contribution in [1.82, 2.24) is 24.7 Å². The molecule has 1 unspecified atom stereocenters. The summed E-state index contributed by atoms with van der Waals surface area (Å²) < 4.78 is 0. The molecule has 0 bridgehead atoms. The molecule has 6 rings (SSSR count). The quantitative estimate of drug-likeness (QED) is 0.424. The number of piperidine rings is 2. The number of likely N-dealkylation sites (N-methyl/N-ethyl adjacent to an activating group) is 1. The average molecular weight is 590 g/mol. The summed E-state index contributed by atoms with van der Waals surface area (Å²) in [6.07, 6.45) is 9.91. The van der Waals surface area contributed by atoms with Crippen LogP contribution in [-0.4, -0.2) is 101 Å². The molecule has 0 radical (unpaired) electrons. The first-order valence-electron chi connectivity index (χ1n) is 15.6. The highest BCUT2D eigenvalue weighted by molar-refractivity contribution is 5.96. The van der Waals surface area contributed by atoms with Gasteiger partial charge in [-0.25, -0.2) is 14.8 Å². The summed E-state index contributed by atoms with van der Waals surface area (Å²) >= 11 is 0. The first-order chi connectivity index (χ1) is 20.7.